The molecule has 4 amide bonds. The zero-order valence-corrected chi connectivity index (χ0v) is 12.7. The lowest BCUT2D eigenvalue weighted by molar-refractivity contribution is -0.122. The van der Waals surface area contributed by atoms with E-state index in [4.69, 9.17) is 0 Å². The number of anilines is 1. The van der Waals surface area contributed by atoms with Crippen molar-refractivity contribution in [2.45, 2.75) is 6.92 Å². The lowest BCUT2D eigenvalue weighted by Gasteiger charge is -2.26. The highest BCUT2D eigenvalue weighted by Crippen LogP contribution is 2.22. The molecule has 0 saturated carbocycles. The number of halogens is 1. The fourth-order valence-electron chi connectivity index (χ4n) is 2.34. The molecule has 0 radical (unpaired) electrons. The third kappa shape index (κ3) is 2.94. The lowest BCUT2D eigenvalue weighted by Crippen LogP contribution is -2.54. The van der Waals surface area contributed by atoms with Gasteiger partial charge in [-0.05, 0) is 36.8 Å². The van der Waals surface area contributed by atoms with Gasteiger partial charge in [-0.25, -0.2) is 14.1 Å². The molecule has 1 N–H and O–H groups in total. The molecule has 1 aliphatic rings. The Morgan fingerprint density at radius 3 is 2.42 bits per heavy atom. The number of hydrogen-bond acceptors (Lipinski definition) is 3. The topological polar surface area (TPSA) is 66.5 Å². The molecule has 1 fully saturated rings. The molecule has 1 aliphatic heterocycles. The van der Waals surface area contributed by atoms with Gasteiger partial charge in [0.15, 0.2) is 0 Å². The Bertz CT molecular complexity index is 872. The summed E-state index contributed by atoms with van der Waals surface area (Å²) in [6, 6.07) is 11.3. The van der Waals surface area contributed by atoms with Crippen LogP contribution >= 0.6 is 0 Å². The molecule has 0 aromatic heterocycles. The van der Waals surface area contributed by atoms with Crippen LogP contribution in [0.3, 0.4) is 0 Å². The summed E-state index contributed by atoms with van der Waals surface area (Å²) >= 11 is 0. The van der Waals surface area contributed by atoms with Crippen LogP contribution in [0.25, 0.3) is 6.08 Å². The number of benzene rings is 2. The average Bonchev–Trinajstić information content (AvgIpc) is 2.53. The van der Waals surface area contributed by atoms with Crippen LogP contribution in [0.5, 0.6) is 0 Å². The van der Waals surface area contributed by atoms with Crippen molar-refractivity contribution in [2.75, 3.05) is 4.90 Å². The van der Waals surface area contributed by atoms with Crippen molar-refractivity contribution in [3.63, 3.8) is 0 Å². The number of hydrogen-bond donors (Lipinski definition) is 1. The van der Waals surface area contributed by atoms with Gasteiger partial charge >= 0.3 is 6.03 Å². The number of barbiturate groups is 1. The van der Waals surface area contributed by atoms with Gasteiger partial charge in [0, 0.05) is 0 Å². The second-order valence-electron chi connectivity index (χ2n) is 5.35. The minimum atomic E-state index is -0.906. The summed E-state index contributed by atoms with van der Waals surface area (Å²) in [5.74, 6) is -2.16. The van der Waals surface area contributed by atoms with Gasteiger partial charge in [0.05, 0.1) is 5.69 Å². The summed E-state index contributed by atoms with van der Waals surface area (Å²) in [6.45, 7) is 1.92. The van der Waals surface area contributed by atoms with Crippen LogP contribution in [-0.2, 0) is 9.59 Å². The van der Waals surface area contributed by atoms with Crippen molar-refractivity contribution in [1.29, 1.82) is 0 Å². The highest BCUT2D eigenvalue weighted by atomic mass is 19.1. The van der Waals surface area contributed by atoms with E-state index in [2.05, 4.69) is 5.32 Å². The Balaban J connectivity index is 2.01. The van der Waals surface area contributed by atoms with E-state index >= 15 is 0 Å². The fourth-order valence-corrected chi connectivity index (χ4v) is 2.34. The Morgan fingerprint density at radius 2 is 1.75 bits per heavy atom. The SMILES string of the molecule is Cc1ccc(/C=C2\C(=O)NC(=O)N(c3cccc(F)c3)C2=O)cc1. The largest absolute Gasteiger partial charge is 0.335 e. The lowest BCUT2D eigenvalue weighted by atomic mass is 10.1. The Morgan fingerprint density at radius 1 is 1.04 bits per heavy atom. The fraction of sp³-hybridized carbons (Fsp3) is 0.0556. The zero-order valence-electron chi connectivity index (χ0n) is 12.7. The van der Waals surface area contributed by atoms with Crippen LogP contribution < -0.4 is 10.2 Å². The van der Waals surface area contributed by atoms with Crippen LogP contribution in [0.15, 0.2) is 54.1 Å². The first-order valence-electron chi connectivity index (χ1n) is 7.19. The minimum Gasteiger partial charge on any atom is -0.273 e. The summed E-state index contributed by atoms with van der Waals surface area (Å²) in [5.41, 5.74) is 1.54. The van der Waals surface area contributed by atoms with Crippen LogP contribution in [-0.4, -0.2) is 17.8 Å². The first kappa shape index (κ1) is 15.6. The van der Waals surface area contributed by atoms with Crippen molar-refractivity contribution in [3.8, 4) is 0 Å². The normalized spacial score (nSPS) is 16.5. The van der Waals surface area contributed by atoms with Gasteiger partial charge in [-0.2, -0.15) is 0 Å². The molecular formula is C18H13FN2O3. The van der Waals surface area contributed by atoms with Gasteiger partial charge in [0.25, 0.3) is 11.8 Å². The molecule has 5 nitrogen and oxygen atoms in total. The molecule has 6 heteroatoms. The van der Waals surface area contributed by atoms with Crippen LogP contribution in [0, 0.1) is 12.7 Å². The summed E-state index contributed by atoms with van der Waals surface area (Å²) in [7, 11) is 0. The maximum Gasteiger partial charge on any atom is 0.335 e. The van der Waals surface area contributed by atoms with E-state index in [1.807, 2.05) is 19.1 Å². The van der Waals surface area contributed by atoms with E-state index in [1.54, 1.807) is 12.1 Å². The summed E-state index contributed by atoms with van der Waals surface area (Å²) in [5, 5.41) is 2.10. The molecular weight excluding hydrogens is 311 g/mol. The van der Waals surface area contributed by atoms with Gasteiger partial charge in [-0.15, -0.1) is 0 Å². The van der Waals surface area contributed by atoms with Gasteiger partial charge in [0.1, 0.15) is 11.4 Å². The highest BCUT2D eigenvalue weighted by Gasteiger charge is 2.36. The molecule has 0 unspecified atom stereocenters. The number of urea groups is 1. The number of rotatable bonds is 2. The highest BCUT2D eigenvalue weighted by molar-refractivity contribution is 6.39. The van der Waals surface area contributed by atoms with E-state index < -0.39 is 23.7 Å². The van der Waals surface area contributed by atoms with Gasteiger partial charge in [0.2, 0.25) is 0 Å². The Hall–Kier alpha value is -3.28. The monoisotopic (exact) mass is 324 g/mol. The van der Waals surface area contributed by atoms with E-state index in [0.717, 1.165) is 16.5 Å². The molecule has 1 saturated heterocycles. The molecule has 2 aromatic carbocycles. The van der Waals surface area contributed by atoms with Gasteiger partial charge < -0.3 is 0 Å². The molecule has 0 bridgehead atoms. The molecule has 0 aliphatic carbocycles. The van der Waals surface area contributed by atoms with Gasteiger partial charge in [-0.3, -0.25) is 14.9 Å². The van der Waals surface area contributed by atoms with Crippen molar-refractivity contribution < 1.29 is 18.8 Å². The van der Waals surface area contributed by atoms with Crippen molar-refractivity contribution in [3.05, 3.63) is 71.0 Å². The zero-order chi connectivity index (χ0) is 17.3. The standard InChI is InChI=1S/C18H13FN2O3/c1-11-5-7-12(8-6-11)9-15-16(22)20-18(24)21(17(15)23)14-4-2-3-13(19)10-14/h2-10H,1H3,(H,20,22,24)/b15-9+. The minimum absolute atomic E-state index is 0.0554. The first-order chi connectivity index (χ1) is 11.5. The third-order valence-corrected chi connectivity index (χ3v) is 3.56. The van der Waals surface area contributed by atoms with E-state index in [0.29, 0.717) is 5.56 Å². The van der Waals surface area contributed by atoms with Crippen molar-refractivity contribution >= 4 is 29.6 Å². The van der Waals surface area contributed by atoms with Crippen molar-refractivity contribution in [2.24, 2.45) is 0 Å². The Labute approximate surface area is 137 Å². The predicted molar refractivity (Wildman–Crippen MR) is 86.6 cm³/mol. The average molecular weight is 324 g/mol. The van der Waals surface area contributed by atoms with Crippen LogP contribution in [0.4, 0.5) is 14.9 Å². The smallest absolute Gasteiger partial charge is 0.273 e. The van der Waals surface area contributed by atoms with Crippen molar-refractivity contribution in [1.82, 2.24) is 5.32 Å². The predicted octanol–water partition coefficient (Wildman–Crippen LogP) is 2.80. The van der Waals surface area contributed by atoms with Crippen LogP contribution in [0.1, 0.15) is 11.1 Å². The number of carbonyl (C=O) groups is 3. The number of imide groups is 2. The number of nitrogens with zero attached hydrogens (tertiary/aromatic N) is 1. The number of nitrogens with one attached hydrogen (secondary N) is 1. The molecule has 3 rings (SSSR count). The Kier molecular flexibility index (Phi) is 3.95. The molecule has 24 heavy (non-hydrogen) atoms. The molecule has 2 aromatic rings. The van der Waals surface area contributed by atoms with E-state index in [1.165, 1.54) is 24.3 Å². The number of carbonyl (C=O) groups excluding carboxylic acids is 3. The maximum absolute atomic E-state index is 13.4. The third-order valence-electron chi connectivity index (χ3n) is 3.56. The van der Waals surface area contributed by atoms with E-state index in [-0.39, 0.29) is 11.3 Å². The quantitative estimate of drug-likeness (QED) is 0.682. The molecule has 120 valence electrons. The summed E-state index contributed by atoms with van der Waals surface area (Å²) < 4.78 is 13.4. The number of amides is 4. The van der Waals surface area contributed by atoms with Gasteiger partial charge in [-0.1, -0.05) is 35.9 Å². The number of aryl methyl sites for hydroxylation is 1. The second kappa shape index (κ2) is 6.08. The maximum atomic E-state index is 13.4. The summed E-state index contributed by atoms with van der Waals surface area (Å²) in [6.07, 6.45) is 1.40. The molecule has 0 spiro atoms. The van der Waals surface area contributed by atoms with E-state index in [9.17, 15) is 18.8 Å². The summed E-state index contributed by atoms with van der Waals surface area (Å²) in [4.78, 5) is 37.3. The first-order valence-corrected chi connectivity index (χ1v) is 7.19. The van der Waals surface area contributed by atoms with Crippen LogP contribution in [0.2, 0.25) is 0 Å². The molecule has 0 atom stereocenters. The second-order valence-corrected chi connectivity index (χ2v) is 5.35. The molecule has 1 heterocycles.